The first-order valence-electron chi connectivity index (χ1n) is 6.44. The van der Waals surface area contributed by atoms with Gasteiger partial charge in [0.15, 0.2) is 0 Å². The maximum absolute atomic E-state index is 13.4. The van der Waals surface area contributed by atoms with Crippen LogP contribution < -0.4 is 10.1 Å². The van der Waals surface area contributed by atoms with Crippen LogP contribution in [0.25, 0.3) is 0 Å². The van der Waals surface area contributed by atoms with E-state index in [1.165, 1.54) is 6.07 Å². The summed E-state index contributed by atoms with van der Waals surface area (Å²) in [6, 6.07) is 4.80. The molecule has 1 aromatic carbocycles. The van der Waals surface area contributed by atoms with Crippen LogP contribution >= 0.6 is 0 Å². The lowest BCUT2D eigenvalue weighted by Gasteiger charge is -2.28. The first kappa shape index (κ1) is 15.0. The second-order valence-corrected chi connectivity index (χ2v) is 5.76. The molecule has 0 amide bonds. The maximum Gasteiger partial charge on any atom is 0.123 e. The second-order valence-electron chi connectivity index (χ2n) is 5.76. The zero-order valence-corrected chi connectivity index (χ0v) is 12.0. The summed E-state index contributed by atoms with van der Waals surface area (Å²) in [5.41, 5.74) is 1.07. The van der Waals surface area contributed by atoms with E-state index in [-0.39, 0.29) is 17.3 Å². The lowest BCUT2D eigenvalue weighted by atomic mass is 9.85. The molecule has 0 aromatic heterocycles. The molecule has 3 heteroatoms. The van der Waals surface area contributed by atoms with Crippen molar-refractivity contribution in [3.63, 3.8) is 0 Å². The van der Waals surface area contributed by atoms with Crippen molar-refractivity contribution in [2.24, 2.45) is 5.41 Å². The zero-order chi connectivity index (χ0) is 13.8. The number of halogens is 1. The lowest BCUT2D eigenvalue weighted by molar-refractivity contribution is 0.306. The Morgan fingerprint density at radius 1 is 1.33 bits per heavy atom. The summed E-state index contributed by atoms with van der Waals surface area (Å²) < 4.78 is 18.8. The molecule has 1 atom stereocenters. The molecular weight excluding hydrogens is 229 g/mol. The van der Waals surface area contributed by atoms with Gasteiger partial charge in [-0.2, -0.15) is 0 Å². The summed E-state index contributed by atoms with van der Waals surface area (Å²) in [7, 11) is 1.62. The van der Waals surface area contributed by atoms with E-state index in [1.54, 1.807) is 19.2 Å². The Kier molecular flexibility index (Phi) is 5.15. The van der Waals surface area contributed by atoms with Crippen molar-refractivity contribution in [3.05, 3.63) is 29.6 Å². The van der Waals surface area contributed by atoms with Gasteiger partial charge in [-0.05, 0) is 36.6 Å². The molecule has 0 heterocycles. The standard InChI is InChI=1S/C15H24FNO/c1-6-17-13(10-15(2,3)4)12-9-11(16)7-8-14(12)18-5/h7-9,13,17H,6,10H2,1-5H3. The maximum atomic E-state index is 13.4. The molecule has 2 nitrogen and oxygen atoms in total. The average Bonchev–Trinajstić information content (AvgIpc) is 2.26. The van der Waals surface area contributed by atoms with Crippen LogP contribution in [0.3, 0.4) is 0 Å². The Bertz CT molecular complexity index is 385. The summed E-state index contributed by atoms with van der Waals surface area (Å²) in [6.07, 6.45) is 0.931. The number of rotatable bonds is 5. The summed E-state index contributed by atoms with van der Waals surface area (Å²) in [5, 5.41) is 3.41. The van der Waals surface area contributed by atoms with Crippen molar-refractivity contribution >= 4 is 0 Å². The third kappa shape index (κ3) is 4.30. The van der Waals surface area contributed by atoms with Crippen LogP contribution in [0.2, 0.25) is 0 Å². The number of hydrogen-bond acceptors (Lipinski definition) is 2. The Balaban J connectivity index is 3.07. The summed E-state index contributed by atoms with van der Waals surface area (Å²) in [6.45, 7) is 9.46. The molecule has 0 spiro atoms. The minimum absolute atomic E-state index is 0.112. The van der Waals surface area contributed by atoms with Crippen LogP contribution in [0.15, 0.2) is 18.2 Å². The van der Waals surface area contributed by atoms with Crippen molar-refractivity contribution < 1.29 is 9.13 Å². The lowest BCUT2D eigenvalue weighted by Crippen LogP contribution is -2.26. The van der Waals surface area contributed by atoms with E-state index in [4.69, 9.17) is 4.74 Å². The third-order valence-corrected chi connectivity index (χ3v) is 2.83. The van der Waals surface area contributed by atoms with Gasteiger partial charge < -0.3 is 10.1 Å². The van der Waals surface area contributed by atoms with Crippen LogP contribution in [0.5, 0.6) is 5.75 Å². The van der Waals surface area contributed by atoms with Crippen LogP contribution in [0.4, 0.5) is 4.39 Å². The smallest absolute Gasteiger partial charge is 0.123 e. The molecule has 1 unspecified atom stereocenters. The van der Waals surface area contributed by atoms with Gasteiger partial charge in [-0.1, -0.05) is 27.7 Å². The SMILES string of the molecule is CCNC(CC(C)(C)C)c1cc(F)ccc1OC. The van der Waals surface area contributed by atoms with Crippen molar-refractivity contribution in [1.82, 2.24) is 5.32 Å². The molecule has 0 aliphatic heterocycles. The average molecular weight is 253 g/mol. The number of benzene rings is 1. The van der Waals surface area contributed by atoms with E-state index in [0.717, 1.165) is 24.3 Å². The molecule has 0 aliphatic carbocycles. The third-order valence-electron chi connectivity index (χ3n) is 2.83. The van der Waals surface area contributed by atoms with E-state index in [1.807, 2.05) is 0 Å². The van der Waals surface area contributed by atoms with Crippen molar-refractivity contribution in [2.45, 2.75) is 40.2 Å². The quantitative estimate of drug-likeness (QED) is 0.858. The fourth-order valence-corrected chi connectivity index (χ4v) is 2.13. The van der Waals surface area contributed by atoms with Crippen molar-refractivity contribution in [2.75, 3.05) is 13.7 Å². The van der Waals surface area contributed by atoms with Gasteiger partial charge in [-0.15, -0.1) is 0 Å². The molecular formula is C15H24FNO. The van der Waals surface area contributed by atoms with Crippen LogP contribution in [-0.2, 0) is 0 Å². The zero-order valence-electron chi connectivity index (χ0n) is 12.0. The second kappa shape index (κ2) is 6.19. The van der Waals surface area contributed by atoms with Crippen molar-refractivity contribution in [1.29, 1.82) is 0 Å². The minimum Gasteiger partial charge on any atom is -0.496 e. The molecule has 0 radical (unpaired) electrons. The Morgan fingerprint density at radius 2 is 2.00 bits per heavy atom. The van der Waals surface area contributed by atoms with Gasteiger partial charge in [0, 0.05) is 11.6 Å². The number of methoxy groups -OCH3 is 1. The van der Waals surface area contributed by atoms with Gasteiger partial charge in [0.05, 0.1) is 7.11 Å². The molecule has 18 heavy (non-hydrogen) atoms. The Labute approximate surface area is 110 Å². The van der Waals surface area contributed by atoms with Crippen LogP contribution in [0, 0.1) is 11.2 Å². The molecule has 1 N–H and O–H groups in total. The summed E-state index contributed by atoms with van der Waals surface area (Å²) in [4.78, 5) is 0. The summed E-state index contributed by atoms with van der Waals surface area (Å²) in [5.74, 6) is 0.522. The van der Waals surface area contributed by atoms with Gasteiger partial charge in [0.2, 0.25) is 0 Å². The van der Waals surface area contributed by atoms with E-state index in [9.17, 15) is 4.39 Å². The molecule has 0 bridgehead atoms. The molecule has 1 rings (SSSR count). The predicted octanol–water partition coefficient (Wildman–Crippen LogP) is 3.92. The van der Waals surface area contributed by atoms with E-state index >= 15 is 0 Å². The van der Waals surface area contributed by atoms with Gasteiger partial charge in [0.1, 0.15) is 11.6 Å². The van der Waals surface area contributed by atoms with Crippen molar-refractivity contribution in [3.8, 4) is 5.75 Å². The molecule has 102 valence electrons. The number of hydrogen-bond donors (Lipinski definition) is 1. The fourth-order valence-electron chi connectivity index (χ4n) is 2.13. The highest BCUT2D eigenvalue weighted by Crippen LogP contribution is 2.34. The normalized spacial score (nSPS) is 13.4. The molecule has 0 saturated carbocycles. The van der Waals surface area contributed by atoms with Crippen LogP contribution in [0.1, 0.15) is 45.7 Å². The van der Waals surface area contributed by atoms with E-state index < -0.39 is 0 Å². The van der Waals surface area contributed by atoms with Crippen LogP contribution in [-0.4, -0.2) is 13.7 Å². The van der Waals surface area contributed by atoms with Gasteiger partial charge >= 0.3 is 0 Å². The first-order chi connectivity index (χ1) is 8.37. The number of ether oxygens (including phenoxy) is 1. The van der Waals surface area contributed by atoms with Gasteiger partial charge in [0.25, 0.3) is 0 Å². The monoisotopic (exact) mass is 253 g/mol. The molecule has 0 saturated heterocycles. The largest absolute Gasteiger partial charge is 0.496 e. The fraction of sp³-hybridized carbons (Fsp3) is 0.600. The molecule has 0 aliphatic rings. The molecule has 0 fully saturated rings. The number of nitrogens with one attached hydrogen (secondary N) is 1. The predicted molar refractivity (Wildman–Crippen MR) is 73.4 cm³/mol. The highest BCUT2D eigenvalue weighted by Gasteiger charge is 2.22. The van der Waals surface area contributed by atoms with E-state index in [0.29, 0.717) is 0 Å². The Hall–Kier alpha value is -1.09. The van der Waals surface area contributed by atoms with Gasteiger partial charge in [-0.25, -0.2) is 4.39 Å². The Morgan fingerprint density at radius 3 is 2.50 bits per heavy atom. The topological polar surface area (TPSA) is 21.3 Å². The first-order valence-corrected chi connectivity index (χ1v) is 6.44. The van der Waals surface area contributed by atoms with E-state index in [2.05, 4.69) is 33.0 Å². The van der Waals surface area contributed by atoms with Gasteiger partial charge in [-0.3, -0.25) is 0 Å². The highest BCUT2D eigenvalue weighted by molar-refractivity contribution is 5.36. The summed E-state index contributed by atoms with van der Waals surface area (Å²) >= 11 is 0. The minimum atomic E-state index is -0.220. The highest BCUT2D eigenvalue weighted by atomic mass is 19.1. The molecule has 1 aromatic rings.